The molecule has 0 aliphatic rings. The number of hydrogen-bond acceptors (Lipinski definition) is 2. The van der Waals surface area contributed by atoms with Crippen LogP contribution in [0.3, 0.4) is 0 Å². The van der Waals surface area contributed by atoms with Crippen LogP contribution in [0.4, 0.5) is 0 Å². The minimum Gasteiger partial charge on any atom is -0.313 e. The first-order valence-electron chi connectivity index (χ1n) is 7.01. The maximum absolute atomic E-state index is 4.55. The van der Waals surface area contributed by atoms with E-state index in [1.807, 2.05) is 13.2 Å². The molecule has 1 aromatic carbocycles. The van der Waals surface area contributed by atoms with Crippen LogP contribution in [0.1, 0.15) is 35.3 Å². The molecular formula is C17H21BrN2. The summed E-state index contributed by atoms with van der Waals surface area (Å²) >= 11 is 3.60. The summed E-state index contributed by atoms with van der Waals surface area (Å²) in [5, 5.41) is 3.38. The molecule has 2 rings (SSSR count). The van der Waals surface area contributed by atoms with E-state index in [0.717, 1.165) is 23.0 Å². The monoisotopic (exact) mass is 332 g/mol. The van der Waals surface area contributed by atoms with Gasteiger partial charge in [-0.2, -0.15) is 0 Å². The van der Waals surface area contributed by atoms with Crippen molar-refractivity contribution in [1.82, 2.24) is 10.3 Å². The summed E-state index contributed by atoms with van der Waals surface area (Å²) in [5.74, 6) is 0. The van der Waals surface area contributed by atoms with Crippen LogP contribution < -0.4 is 5.32 Å². The van der Waals surface area contributed by atoms with Crippen LogP contribution in [-0.2, 0) is 12.8 Å². The van der Waals surface area contributed by atoms with E-state index in [0.29, 0.717) is 0 Å². The molecule has 1 atom stereocenters. The van der Waals surface area contributed by atoms with E-state index in [4.69, 9.17) is 0 Å². The molecule has 0 aliphatic carbocycles. The molecule has 1 aromatic heterocycles. The summed E-state index contributed by atoms with van der Waals surface area (Å²) in [7, 11) is 2.00. The van der Waals surface area contributed by atoms with Crippen molar-refractivity contribution in [3.05, 3.63) is 63.4 Å². The number of benzene rings is 1. The fourth-order valence-corrected chi connectivity index (χ4v) is 2.60. The smallest absolute Gasteiger partial charge is 0.0422 e. The molecule has 20 heavy (non-hydrogen) atoms. The van der Waals surface area contributed by atoms with Gasteiger partial charge in [0.2, 0.25) is 0 Å². The maximum Gasteiger partial charge on any atom is 0.0422 e. The van der Waals surface area contributed by atoms with Crippen molar-refractivity contribution in [2.75, 3.05) is 7.05 Å². The van der Waals surface area contributed by atoms with Crippen molar-refractivity contribution in [2.45, 2.75) is 32.7 Å². The summed E-state index contributed by atoms with van der Waals surface area (Å²) in [4.78, 5) is 4.55. The lowest BCUT2D eigenvalue weighted by atomic mass is 10.0. The Morgan fingerprint density at radius 1 is 1.25 bits per heavy atom. The number of pyridine rings is 1. The molecular weight excluding hydrogens is 312 g/mol. The average Bonchev–Trinajstić information content (AvgIpc) is 2.48. The van der Waals surface area contributed by atoms with E-state index < -0.39 is 0 Å². The zero-order chi connectivity index (χ0) is 14.5. The Labute approximate surface area is 129 Å². The first-order valence-corrected chi connectivity index (χ1v) is 7.80. The van der Waals surface area contributed by atoms with Crippen molar-refractivity contribution >= 4 is 15.9 Å². The standard InChI is InChI=1S/C17H21BrN2/c1-4-13-6-8-15(20-11-13)10-17(19-3)14-7-5-12(2)16(18)9-14/h5-9,11,17,19H,4,10H2,1-3H3. The van der Waals surface area contributed by atoms with Gasteiger partial charge in [0, 0.05) is 28.8 Å². The second-order valence-electron chi connectivity index (χ2n) is 5.07. The Morgan fingerprint density at radius 3 is 2.60 bits per heavy atom. The zero-order valence-corrected chi connectivity index (χ0v) is 13.9. The Hall–Kier alpha value is -1.19. The lowest BCUT2D eigenvalue weighted by molar-refractivity contribution is 0.584. The van der Waals surface area contributed by atoms with Gasteiger partial charge >= 0.3 is 0 Å². The van der Waals surface area contributed by atoms with Gasteiger partial charge in [-0.3, -0.25) is 4.98 Å². The van der Waals surface area contributed by atoms with Crippen LogP contribution in [0.5, 0.6) is 0 Å². The molecule has 0 fully saturated rings. The fourth-order valence-electron chi connectivity index (χ4n) is 2.21. The average molecular weight is 333 g/mol. The van der Waals surface area contributed by atoms with E-state index >= 15 is 0 Å². The maximum atomic E-state index is 4.55. The molecule has 0 aliphatic heterocycles. The van der Waals surface area contributed by atoms with Gasteiger partial charge in [0.25, 0.3) is 0 Å². The molecule has 1 unspecified atom stereocenters. The highest BCUT2D eigenvalue weighted by atomic mass is 79.9. The molecule has 2 aromatic rings. The summed E-state index contributed by atoms with van der Waals surface area (Å²) < 4.78 is 1.16. The SMILES string of the molecule is CCc1ccc(CC(NC)c2ccc(C)c(Br)c2)nc1. The molecule has 1 heterocycles. The predicted octanol–water partition coefficient (Wildman–Crippen LogP) is 4.22. The third-order valence-corrected chi connectivity index (χ3v) is 4.51. The number of hydrogen-bond donors (Lipinski definition) is 1. The summed E-state index contributed by atoms with van der Waals surface area (Å²) in [6.07, 6.45) is 3.91. The Morgan fingerprint density at radius 2 is 2.05 bits per heavy atom. The molecule has 0 spiro atoms. The molecule has 0 saturated carbocycles. The number of likely N-dealkylation sites (N-methyl/N-ethyl adjacent to an activating group) is 1. The molecule has 0 amide bonds. The highest BCUT2D eigenvalue weighted by Gasteiger charge is 2.12. The van der Waals surface area contributed by atoms with Crippen LogP contribution in [0.25, 0.3) is 0 Å². The van der Waals surface area contributed by atoms with Gasteiger partial charge in [-0.15, -0.1) is 0 Å². The van der Waals surface area contributed by atoms with Gasteiger partial charge in [-0.25, -0.2) is 0 Å². The molecule has 106 valence electrons. The van der Waals surface area contributed by atoms with Crippen molar-refractivity contribution < 1.29 is 0 Å². The van der Waals surface area contributed by atoms with E-state index in [1.165, 1.54) is 16.7 Å². The van der Waals surface area contributed by atoms with E-state index in [9.17, 15) is 0 Å². The Kier molecular flexibility index (Phi) is 5.32. The number of rotatable bonds is 5. The second-order valence-corrected chi connectivity index (χ2v) is 5.92. The first-order chi connectivity index (χ1) is 9.63. The minimum atomic E-state index is 0.284. The number of nitrogens with one attached hydrogen (secondary N) is 1. The summed E-state index contributed by atoms with van der Waals surface area (Å²) in [5.41, 5.74) is 4.95. The molecule has 1 N–H and O–H groups in total. The van der Waals surface area contributed by atoms with Crippen LogP contribution in [0.2, 0.25) is 0 Å². The van der Waals surface area contributed by atoms with Crippen LogP contribution in [-0.4, -0.2) is 12.0 Å². The first kappa shape index (κ1) is 15.2. The molecule has 0 bridgehead atoms. The number of halogens is 1. The van der Waals surface area contributed by atoms with Crippen molar-refractivity contribution in [3.8, 4) is 0 Å². The van der Waals surface area contributed by atoms with Gasteiger partial charge in [0.1, 0.15) is 0 Å². The molecule has 2 nitrogen and oxygen atoms in total. The van der Waals surface area contributed by atoms with Crippen molar-refractivity contribution in [1.29, 1.82) is 0 Å². The lowest BCUT2D eigenvalue weighted by Crippen LogP contribution is -2.19. The van der Waals surface area contributed by atoms with Gasteiger partial charge in [0.05, 0.1) is 0 Å². The predicted molar refractivity (Wildman–Crippen MR) is 88.0 cm³/mol. The molecule has 3 heteroatoms. The number of nitrogens with zero attached hydrogens (tertiary/aromatic N) is 1. The molecule has 0 saturated heterocycles. The van der Waals surface area contributed by atoms with Crippen molar-refractivity contribution in [2.24, 2.45) is 0 Å². The van der Waals surface area contributed by atoms with Crippen LogP contribution >= 0.6 is 15.9 Å². The third kappa shape index (κ3) is 3.68. The number of aromatic nitrogens is 1. The summed E-state index contributed by atoms with van der Waals surface area (Å²) in [6, 6.07) is 11.1. The lowest BCUT2D eigenvalue weighted by Gasteiger charge is -2.17. The third-order valence-electron chi connectivity index (χ3n) is 3.65. The van der Waals surface area contributed by atoms with Gasteiger partial charge < -0.3 is 5.32 Å². The highest BCUT2D eigenvalue weighted by molar-refractivity contribution is 9.10. The molecule has 0 radical (unpaired) electrons. The Bertz CT molecular complexity index is 564. The van der Waals surface area contributed by atoms with E-state index in [1.54, 1.807) is 0 Å². The van der Waals surface area contributed by atoms with Crippen LogP contribution in [0.15, 0.2) is 41.0 Å². The number of aryl methyl sites for hydroxylation is 2. The second kappa shape index (κ2) is 7.00. The normalized spacial score (nSPS) is 12.4. The van der Waals surface area contributed by atoms with Gasteiger partial charge in [0.15, 0.2) is 0 Å². The largest absolute Gasteiger partial charge is 0.313 e. The quantitative estimate of drug-likeness (QED) is 0.886. The Balaban J connectivity index is 2.16. The van der Waals surface area contributed by atoms with Gasteiger partial charge in [-0.1, -0.05) is 41.1 Å². The highest BCUT2D eigenvalue weighted by Crippen LogP contribution is 2.23. The van der Waals surface area contributed by atoms with Crippen LogP contribution in [0, 0.1) is 6.92 Å². The fraction of sp³-hybridized carbons (Fsp3) is 0.353. The van der Waals surface area contributed by atoms with E-state index in [2.05, 4.69) is 70.4 Å². The minimum absolute atomic E-state index is 0.284. The zero-order valence-electron chi connectivity index (χ0n) is 12.3. The van der Waals surface area contributed by atoms with Crippen molar-refractivity contribution in [3.63, 3.8) is 0 Å². The van der Waals surface area contributed by atoms with E-state index in [-0.39, 0.29) is 6.04 Å². The topological polar surface area (TPSA) is 24.9 Å². The summed E-state index contributed by atoms with van der Waals surface area (Å²) in [6.45, 7) is 4.25. The van der Waals surface area contributed by atoms with Gasteiger partial charge in [-0.05, 0) is 49.2 Å².